The molecule has 1 spiro atoms. The third-order valence-electron chi connectivity index (χ3n) is 7.67. The van der Waals surface area contributed by atoms with Gasteiger partial charge in [-0.3, -0.25) is 0 Å². The van der Waals surface area contributed by atoms with E-state index >= 15 is 0 Å². The minimum Gasteiger partial charge on any atom is -0.444 e. The van der Waals surface area contributed by atoms with Crippen molar-refractivity contribution in [2.45, 2.75) is 83.4 Å². The van der Waals surface area contributed by atoms with Crippen molar-refractivity contribution in [1.29, 1.82) is 0 Å². The van der Waals surface area contributed by atoms with Crippen LogP contribution in [0, 0.1) is 11.3 Å². The minimum absolute atomic E-state index is 0.102. The standard InChI is InChI=1S/C27H33F3N2O3/c1-25(2,3)34-24(33)32-12-10-26(11-13-32)15-17(16-26)14-20-22(31-35-23(20)18-8-9-18)19-6-4-5-7-21(19)27(28,29)30/h4-7,17-18H,8-16H2,1-3H3. The normalized spacial score (nSPS) is 20.7. The fraction of sp³-hybridized carbons (Fsp3) is 0.630. The van der Waals surface area contributed by atoms with Gasteiger partial charge in [0.05, 0.1) is 5.56 Å². The van der Waals surface area contributed by atoms with Gasteiger partial charge < -0.3 is 14.2 Å². The topological polar surface area (TPSA) is 55.6 Å². The average Bonchev–Trinajstić information content (AvgIpc) is 3.51. The number of halogens is 3. The number of benzene rings is 1. The van der Waals surface area contributed by atoms with Crippen LogP contribution in [0.3, 0.4) is 0 Å². The van der Waals surface area contributed by atoms with Gasteiger partial charge >= 0.3 is 12.3 Å². The molecule has 1 aromatic heterocycles. The molecule has 2 aliphatic carbocycles. The largest absolute Gasteiger partial charge is 0.444 e. The van der Waals surface area contributed by atoms with E-state index < -0.39 is 17.3 Å². The molecule has 0 bridgehead atoms. The van der Waals surface area contributed by atoms with Crippen molar-refractivity contribution in [2.75, 3.05) is 13.1 Å². The van der Waals surface area contributed by atoms with E-state index in [-0.39, 0.29) is 23.0 Å². The fourth-order valence-corrected chi connectivity index (χ4v) is 5.83. The third kappa shape index (κ3) is 5.07. The maximum Gasteiger partial charge on any atom is 0.417 e. The van der Waals surface area contributed by atoms with Crippen molar-refractivity contribution in [3.05, 3.63) is 41.2 Å². The molecule has 0 atom stereocenters. The number of carbonyl (C=O) groups is 1. The number of alkyl halides is 3. The van der Waals surface area contributed by atoms with Crippen molar-refractivity contribution in [1.82, 2.24) is 10.1 Å². The molecule has 35 heavy (non-hydrogen) atoms. The lowest BCUT2D eigenvalue weighted by Crippen LogP contribution is -2.50. The van der Waals surface area contributed by atoms with Gasteiger partial charge in [-0.15, -0.1) is 0 Å². The van der Waals surface area contributed by atoms with Crippen LogP contribution in [0.25, 0.3) is 11.3 Å². The van der Waals surface area contributed by atoms with Gasteiger partial charge in [-0.05, 0) is 83.1 Å². The number of ether oxygens (including phenoxy) is 1. The fourth-order valence-electron chi connectivity index (χ4n) is 5.83. The summed E-state index contributed by atoms with van der Waals surface area (Å²) < 4.78 is 52.3. The van der Waals surface area contributed by atoms with Crippen LogP contribution in [0.1, 0.15) is 82.1 Å². The van der Waals surface area contributed by atoms with Gasteiger partial charge in [-0.25, -0.2) is 4.79 Å². The van der Waals surface area contributed by atoms with Crippen LogP contribution in [0.5, 0.6) is 0 Å². The summed E-state index contributed by atoms with van der Waals surface area (Å²) in [5.74, 6) is 1.44. The summed E-state index contributed by atoms with van der Waals surface area (Å²) in [6.45, 7) is 6.98. The zero-order chi connectivity index (χ0) is 25.0. The van der Waals surface area contributed by atoms with E-state index in [9.17, 15) is 18.0 Å². The number of aromatic nitrogens is 1. The average molecular weight is 491 g/mol. The molecule has 3 aliphatic rings. The van der Waals surface area contributed by atoms with E-state index in [1.165, 1.54) is 12.1 Å². The Morgan fingerprint density at radius 2 is 1.80 bits per heavy atom. The molecular weight excluding hydrogens is 457 g/mol. The van der Waals surface area contributed by atoms with E-state index in [2.05, 4.69) is 5.16 Å². The van der Waals surface area contributed by atoms with Gasteiger partial charge in [-0.1, -0.05) is 23.4 Å². The lowest BCUT2D eigenvalue weighted by molar-refractivity contribution is -0.137. The van der Waals surface area contributed by atoms with Crippen LogP contribution in [0.4, 0.5) is 18.0 Å². The van der Waals surface area contributed by atoms with E-state index in [0.29, 0.717) is 31.1 Å². The van der Waals surface area contributed by atoms with Crippen molar-refractivity contribution < 1.29 is 27.2 Å². The van der Waals surface area contributed by atoms with Crippen LogP contribution in [0.15, 0.2) is 28.8 Å². The summed E-state index contributed by atoms with van der Waals surface area (Å²) in [5.41, 5.74) is 0.343. The highest BCUT2D eigenvalue weighted by Gasteiger charge is 2.48. The van der Waals surface area contributed by atoms with E-state index in [4.69, 9.17) is 9.26 Å². The Balaban J connectivity index is 1.28. The van der Waals surface area contributed by atoms with Crippen molar-refractivity contribution >= 4 is 6.09 Å². The third-order valence-corrected chi connectivity index (χ3v) is 7.67. The quantitative estimate of drug-likeness (QED) is 0.454. The monoisotopic (exact) mass is 490 g/mol. The Labute approximate surface area is 204 Å². The Kier molecular flexibility index (Phi) is 5.92. The Bertz CT molecular complexity index is 1080. The summed E-state index contributed by atoms with van der Waals surface area (Å²) in [5, 5.41) is 4.16. The lowest BCUT2D eigenvalue weighted by atomic mass is 9.56. The Morgan fingerprint density at radius 1 is 1.14 bits per heavy atom. The molecule has 1 saturated heterocycles. The molecule has 2 aromatic rings. The van der Waals surface area contributed by atoms with Crippen LogP contribution < -0.4 is 0 Å². The number of rotatable bonds is 4. The highest BCUT2D eigenvalue weighted by molar-refractivity contribution is 5.69. The SMILES string of the molecule is CC(C)(C)OC(=O)N1CCC2(CC1)CC(Cc1c(-c3ccccc3C(F)(F)F)noc1C1CC1)C2. The molecule has 0 radical (unpaired) electrons. The molecule has 2 saturated carbocycles. The smallest absolute Gasteiger partial charge is 0.417 e. The molecular formula is C27H33F3N2O3. The minimum atomic E-state index is -4.45. The van der Waals surface area contributed by atoms with E-state index in [0.717, 1.165) is 55.9 Å². The number of likely N-dealkylation sites (tertiary alicyclic amines) is 1. The molecule has 0 unspecified atom stereocenters. The summed E-state index contributed by atoms with van der Waals surface area (Å²) in [4.78, 5) is 14.2. The summed E-state index contributed by atoms with van der Waals surface area (Å²) in [6.07, 6.45) is 1.89. The van der Waals surface area contributed by atoms with Crippen LogP contribution in [-0.4, -0.2) is 34.8 Å². The first-order valence-electron chi connectivity index (χ1n) is 12.6. The Morgan fingerprint density at radius 3 is 2.40 bits per heavy atom. The molecule has 2 heterocycles. The van der Waals surface area contributed by atoms with Gasteiger partial charge in [0, 0.05) is 30.1 Å². The number of amides is 1. The van der Waals surface area contributed by atoms with Crippen LogP contribution in [0.2, 0.25) is 0 Å². The Hall–Kier alpha value is -2.51. The zero-order valence-corrected chi connectivity index (χ0v) is 20.6. The highest BCUT2D eigenvalue weighted by Crippen LogP contribution is 2.55. The van der Waals surface area contributed by atoms with Crippen molar-refractivity contribution in [3.63, 3.8) is 0 Å². The molecule has 0 N–H and O–H groups in total. The van der Waals surface area contributed by atoms with E-state index in [1.807, 2.05) is 20.8 Å². The first-order valence-corrected chi connectivity index (χ1v) is 12.6. The number of carbonyl (C=O) groups excluding carboxylic acids is 1. The van der Waals surface area contributed by atoms with Gasteiger partial charge in [-0.2, -0.15) is 13.2 Å². The molecule has 5 rings (SSSR count). The predicted molar refractivity (Wildman–Crippen MR) is 125 cm³/mol. The second-order valence-corrected chi connectivity index (χ2v) is 11.6. The maximum absolute atomic E-state index is 13.7. The maximum atomic E-state index is 13.7. The number of hydrogen-bond acceptors (Lipinski definition) is 4. The second-order valence-electron chi connectivity index (χ2n) is 11.6. The summed E-state index contributed by atoms with van der Waals surface area (Å²) in [6, 6.07) is 5.64. The number of piperidine rings is 1. The van der Waals surface area contributed by atoms with Gasteiger partial charge in [0.25, 0.3) is 0 Å². The lowest BCUT2D eigenvalue weighted by Gasteiger charge is -2.52. The van der Waals surface area contributed by atoms with Gasteiger partial charge in [0.15, 0.2) is 0 Å². The molecule has 1 amide bonds. The molecule has 3 fully saturated rings. The molecule has 190 valence electrons. The molecule has 1 aliphatic heterocycles. The van der Waals surface area contributed by atoms with Crippen LogP contribution in [-0.2, 0) is 17.3 Å². The van der Waals surface area contributed by atoms with E-state index in [1.54, 1.807) is 11.0 Å². The predicted octanol–water partition coefficient (Wildman–Crippen LogP) is 7.21. The number of hydrogen-bond donors (Lipinski definition) is 0. The van der Waals surface area contributed by atoms with Crippen LogP contribution >= 0.6 is 0 Å². The molecule has 8 heteroatoms. The molecule has 1 aromatic carbocycles. The number of nitrogens with zero attached hydrogens (tertiary/aromatic N) is 2. The van der Waals surface area contributed by atoms with Gasteiger partial charge in [0.1, 0.15) is 17.1 Å². The molecule has 5 nitrogen and oxygen atoms in total. The first-order chi connectivity index (χ1) is 16.4. The summed E-state index contributed by atoms with van der Waals surface area (Å²) >= 11 is 0. The van der Waals surface area contributed by atoms with Crippen molar-refractivity contribution in [3.8, 4) is 11.3 Å². The van der Waals surface area contributed by atoms with Gasteiger partial charge in [0.2, 0.25) is 0 Å². The first kappa shape index (κ1) is 24.2. The van der Waals surface area contributed by atoms with Crippen molar-refractivity contribution in [2.24, 2.45) is 11.3 Å². The zero-order valence-electron chi connectivity index (χ0n) is 20.6. The summed E-state index contributed by atoms with van der Waals surface area (Å²) in [7, 11) is 0. The second kappa shape index (κ2) is 8.56. The highest BCUT2D eigenvalue weighted by atomic mass is 19.4.